The van der Waals surface area contributed by atoms with E-state index < -0.39 is 0 Å². The molecule has 1 heterocycles. The summed E-state index contributed by atoms with van der Waals surface area (Å²) in [7, 11) is 0. The van der Waals surface area contributed by atoms with Crippen LogP contribution in [0.15, 0.2) is 48.7 Å². The van der Waals surface area contributed by atoms with E-state index in [-0.39, 0.29) is 0 Å². The molecular formula is C14H13N3OS. The second-order valence-electron chi connectivity index (χ2n) is 4.07. The van der Waals surface area contributed by atoms with Gasteiger partial charge in [0.05, 0.1) is 4.88 Å². The van der Waals surface area contributed by atoms with Crippen molar-refractivity contribution in [2.75, 3.05) is 5.43 Å². The molecule has 0 aliphatic carbocycles. The molecule has 1 aromatic heterocycles. The Bertz CT molecular complexity index is 696. The van der Waals surface area contributed by atoms with Crippen molar-refractivity contribution >= 4 is 27.2 Å². The summed E-state index contributed by atoms with van der Waals surface area (Å²) in [5.74, 6) is 6.15. The van der Waals surface area contributed by atoms with Gasteiger partial charge in [0.1, 0.15) is 12.4 Å². The number of benzene rings is 2. The molecule has 2 aromatic carbocycles. The highest BCUT2D eigenvalue weighted by Crippen LogP contribution is 2.23. The highest BCUT2D eigenvalue weighted by molar-refractivity contribution is 7.15. The van der Waals surface area contributed by atoms with Gasteiger partial charge in [-0.05, 0) is 22.9 Å². The predicted molar refractivity (Wildman–Crippen MR) is 78.2 cm³/mol. The molecule has 0 spiro atoms. The first-order valence-electron chi connectivity index (χ1n) is 5.88. The van der Waals surface area contributed by atoms with E-state index in [0.717, 1.165) is 10.6 Å². The predicted octanol–water partition coefficient (Wildman–Crippen LogP) is 3.16. The lowest BCUT2D eigenvalue weighted by molar-refractivity contribution is 0.310. The van der Waals surface area contributed by atoms with E-state index in [1.165, 1.54) is 22.1 Å². The van der Waals surface area contributed by atoms with Crippen LogP contribution in [-0.2, 0) is 6.61 Å². The third-order valence-electron chi connectivity index (χ3n) is 2.78. The second-order valence-corrected chi connectivity index (χ2v) is 5.19. The third-order valence-corrected chi connectivity index (χ3v) is 3.68. The topological polar surface area (TPSA) is 60.2 Å². The average Bonchev–Trinajstić information content (AvgIpc) is 2.93. The molecule has 0 aliphatic heterocycles. The molecule has 19 heavy (non-hydrogen) atoms. The van der Waals surface area contributed by atoms with Crippen LogP contribution in [0.25, 0.3) is 10.8 Å². The third kappa shape index (κ3) is 2.67. The largest absolute Gasteiger partial charge is 0.488 e. The number of thiazole rings is 1. The van der Waals surface area contributed by atoms with Crippen LogP contribution in [0.1, 0.15) is 4.88 Å². The number of anilines is 1. The Morgan fingerprint density at radius 3 is 2.79 bits per heavy atom. The first kappa shape index (κ1) is 12.0. The number of hydrazine groups is 1. The Hall–Kier alpha value is -2.11. The second kappa shape index (κ2) is 5.26. The Balaban J connectivity index is 1.74. The molecule has 0 amide bonds. The zero-order valence-corrected chi connectivity index (χ0v) is 11.0. The molecule has 0 unspecified atom stereocenters. The molecule has 3 rings (SSSR count). The average molecular weight is 271 g/mol. The molecule has 5 heteroatoms. The number of hydrogen-bond donors (Lipinski definition) is 2. The maximum Gasteiger partial charge on any atom is 0.197 e. The number of rotatable bonds is 4. The summed E-state index contributed by atoms with van der Waals surface area (Å²) in [5, 5.41) is 3.08. The summed E-state index contributed by atoms with van der Waals surface area (Å²) in [6.45, 7) is 0.498. The molecule has 0 radical (unpaired) electrons. The Morgan fingerprint density at radius 1 is 1.16 bits per heavy atom. The van der Waals surface area contributed by atoms with Crippen molar-refractivity contribution in [2.45, 2.75) is 6.61 Å². The smallest absolute Gasteiger partial charge is 0.197 e. The van der Waals surface area contributed by atoms with Gasteiger partial charge in [0.2, 0.25) is 0 Å². The molecule has 3 N–H and O–H groups in total. The van der Waals surface area contributed by atoms with Gasteiger partial charge in [-0.25, -0.2) is 10.8 Å². The molecule has 3 aromatic rings. The van der Waals surface area contributed by atoms with Crippen LogP contribution < -0.4 is 16.0 Å². The summed E-state index contributed by atoms with van der Waals surface area (Å²) in [6.07, 6.45) is 1.76. The Labute approximate surface area is 114 Å². The van der Waals surface area contributed by atoms with E-state index >= 15 is 0 Å². The number of aromatic nitrogens is 1. The zero-order valence-electron chi connectivity index (χ0n) is 10.2. The lowest BCUT2D eigenvalue weighted by Crippen LogP contribution is -2.05. The van der Waals surface area contributed by atoms with Crippen LogP contribution >= 0.6 is 11.3 Å². The summed E-state index contributed by atoms with van der Waals surface area (Å²) >= 11 is 1.48. The minimum absolute atomic E-state index is 0.498. The van der Waals surface area contributed by atoms with Crippen LogP contribution in [0, 0.1) is 0 Å². The van der Waals surface area contributed by atoms with Crippen molar-refractivity contribution in [1.29, 1.82) is 0 Å². The number of nitrogens with two attached hydrogens (primary N) is 1. The van der Waals surface area contributed by atoms with Crippen LogP contribution in [0.4, 0.5) is 5.13 Å². The Morgan fingerprint density at radius 2 is 2.00 bits per heavy atom. The fourth-order valence-corrected chi connectivity index (χ4v) is 2.49. The van der Waals surface area contributed by atoms with Crippen molar-refractivity contribution in [3.63, 3.8) is 0 Å². The summed E-state index contributed by atoms with van der Waals surface area (Å²) in [5.41, 5.74) is 2.52. The molecule has 0 saturated heterocycles. The summed E-state index contributed by atoms with van der Waals surface area (Å²) in [6, 6.07) is 14.3. The number of nitrogen functional groups attached to an aromatic ring is 1. The maximum atomic E-state index is 5.76. The fourth-order valence-electron chi connectivity index (χ4n) is 1.85. The summed E-state index contributed by atoms with van der Waals surface area (Å²) in [4.78, 5) is 5.13. The van der Waals surface area contributed by atoms with Crippen molar-refractivity contribution < 1.29 is 4.74 Å². The minimum atomic E-state index is 0.498. The van der Waals surface area contributed by atoms with Gasteiger partial charge in [-0.15, -0.1) is 0 Å². The highest BCUT2D eigenvalue weighted by atomic mass is 32.1. The van der Waals surface area contributed by atoms with Gasteiger partial charge in [0, 0.05) is 6.20 Å². The molecule has 0 aliphatic rings. The van der Waals surface area contributed by atoms with Gasteiger partial charge < -0.3 is 4.74 Å². The molecule has 0 bridgehead atoms. The first-order chi connectivity index (χ1) is 9.35. The number of ether oxygens (including phenoxy) is 1. The number of hydrogen-bond acceptors (Lipinski definition) is 5. The van der Waals surface area contributed by atoms with E-state index in [2.05, 4.69) is 28.6 Å². The van der Waals surface area contributed by atoms with Crippen LogP contribution in [0.5, 0.6) is 5.75 Å². The van der Waals surface area contributed by atoms with Crippen LogP contribution in [0.3, 0.4) is 0 Å². The van der Waals surface area contributed by atoms with Gasteiger partial charge in [0.15, 0.2) is 5.13 Å². The van der Waals surface area contributed by atoms with Crippen molar-refractivity contribution in [2.24, 2.45) is 5.84 Å². The molecule has 0 fully saturated rings. The number of fused-ring (bicyclic) bond motifs is 1. The van der Waals surface area contributed by atoms with Crippen LogP contribution in [-0.4, -0.2) is 4.98 Å². The summed E-state index contributed by atoms with van der Waals surface area (Å²) < 4.78 is 5.76. The van der Waals surface area contributed by atoms with Crippen LogP contribution in [0.2, 0.25) is 0 Å². The number of nitrogens with zero attached hydrogens (tertiary/aromatic N) is 1. The number of nitrogens with one attached hydrogen (secondary N) is 1. The van der Waals surface area contributed by atoms with Gasteiger partial charge in [-0.1, -0.05) is 41.7 Å². The lowest BCUT2D eigenvalue weighted by Gasteiger charge is -2.05. The van der Waals surface area contributed by atoms with Gasteiger partial charge in [0.25, 0.3) is 0 Å². The molecular weight excluding hydrogens is 258 g/mol. The first-order valence-corrected chi connectivity index (χ1v) is 6.70. The monoisotopic (exact) mass is 271 g/mol. The van der Waals surface area contributed by atoms with Gasteiger partial charge in [-0.3, -0.25) is 5.43 Å². The van der Waals surface area contributed by atoms with Gasteiger partial charge in [-0.2, -0.15) is 0 Å². The SMILES string of the molecule is NNc1ncc(COc2ccc3ccccc3c2)s1. The standard InChI is InChI=1S/C14H13N3OS/c15-17-14-16-8-13(19-14)9-18-12-6-5-10-3-1-2-4-11(10)7-12/h1-8H,9,15H2,(H,16,17). The van der Waals surface area contributed by atoms with E-state index in [4.69, 9.17) is 10.6 Å². The fraction of sp³-hybridized carbons (Fsp3) is 0.0714. The highest BCUT2D eigenvalue weighted by Gasteiger charge is 2.02. The van der Waals surface area contributed by atoms with Crippen molar-refractivity contribution in [3.05, 3.63) is 53.5 Å². The molecule has 0 atom stereocenters. The van der Waals surface area contributed by atoms with E-state index in [0.29, 0.717) is 11.7 Å². The van der Waals surface area contributed by atoms with Crippen molar-refractivity contribution in [1.82, 2.24) is 4.98 Å². The van der Waals surface area contributed by atoms with E-state index in [1.807, 2.05) is 24.3 Å². The molecule has 96 valence electrons. The van der Waals surface area contributed by atoms with E-state index in [9.17, 15) is 0 Å². The minimum Gasteiger partial charge on any atom is -0.488 e. The van der Waals surface area contributed by atoms with Crippen molar-refractivity contribution in [3.8, 4) is 5.75 Å². The van der Waals surface area contributed by atoms with E-state index in [1.54, 1.807) is 6.20 Å². The van der Waals surface area contributed by atoms with Gasteiger partial charge >= 0.3 is 0 Å². The quantitative estimate of drug-likeness (QED) is 0.565. The molecule has 0 saturated carbocycles. The maximum absolute atomic E-state index is 5.76. The molecule has 4 nitrogen and oxygen atoms in total. The Kier molecular flexibility index (Phi) is 3.31. The zero-order chi connectivity index (χ0) is 13.1. The normalized spacial score (nSPS) is 10.6. The lowest BCUT2D eigenvalue weighted by atomic mass is 10.1.